The number of aryl methyl sites for hydroxylation is 4. The average Bonchev–Trinajstić information content (AvgIpc) is 0.760. The van der Waals surface area contributed by atoms with Gasteiger partial charge in [-0.2, -0.15) is 0 Å². The summed E-state index contributed by atoms with van der Waals surface area (Å²) in [6.45, 7) is 20.7. The summed E-state index contributed by atoms with van der Waals surface area (Å²) in [7, 11) is 23.6. The third kappa shape index (κ3) is 21.4. The number of fused-ring (bicyclic) bond motifs is 8. The minimum Gasteiger partial charge on any atom is -0.501 e. The van der Waals surface area contributed by atoms with Crippen molar-refractivity contribution in [3.63, 3.8) is 0 Å². The van der Waals surface area contributed by atoms with Crippen molar-refractivity contribution in [1.29, 1.82) is 0 Å². The molecule has 8 aromatic carbocycles. The largest absolute Gasteiger partial charge is 0.501 e. The van der Waals surface area contributed by atoms with E-state index >= 15 is 0 Å². The third-order valence-corrected chi connectivity index (χ3v) is 20.3. The molecule has 0 atom stereocenters. The molecule has 0 fully saturated rings. The molecule has 114 heavy (non-hydrogen) atoms. The first-order chi connectivity index (χ1) is 55.5. The topological polar surface area (TPSA) is 203 Å². The highest BCUT2D eigenvalue weighted by molar-refractivity contribution is 6.04. The maximum atomic E-state index is 6.27. The van der Waals surface area contributed by atoms with Crippen molar-refractivity contribution >= 4 is 43.1 Å². The van der Waals surface area contributed by atoms with E-state index in [1.807, 2.05) is 36.4 Å². The second-order valence-electron chi connectivity index (χ2n) is 28.1. The summed E-state index contributed by atoms with van der Waals surface area (Å²) in [6.07, 6.45) is 14.8. The Morgan fingerprint density at radius 1 is 0.228 bits per heavy atom. The number of rotatable bonds is 38. The van der Waals surface area contributed by atoms with E-state index in [0.717, 1.165) is 194 Å². The van der Waals surface area contributed by atoms with E-state index in [1.165, 1.54) is 33.4 Å². The highest BCUT2D eigenvalue weighted by atomic mass is 16.6. The minimum atomic E-state index is 0.449. The van der Waals surface area contributed by atoms with Crippen LogP contribution in [0, 0.1) is 27.7 Å². The Hall–Kier alpha value is -9.36. The van der Waals surface area contributed by atoms with Crippen molar-refractivity contribution < 1.29 is 104 Å². The second-order valence-corrected chi connectivity index (χ2v) is 28.1. The van der Waals surface area contributed by atoms with Gasteiger partial charge < -0.3 is 104 Å². The summed E-state index contributed by atoms with van der Waals surface area (Å²) in [5.74, 6) is 12.1. The van der Waals surface area contributed by atoms with E-state index in [0.29, 0.717) is 131 Å². The predicted molar refractivity (Wildman–Crippen MR) is 447 cm³/mol. The quantitative estimate of drug-likeness (QED) is 0.0261. The molecule has 4 aliphatic carbocycles. The summed E-state index contributed by atoms with van der Waals surface area (Å²) in [5.41, 5.74) is 16.2. The molecule has 0 aliphatic heterocycles. The van der Waals surface area contributed by atoms with E-state index in [4.69, 9.17) is 104 Å². The molecule has 0 heterocycles. The number of benzene rings is 8. The third-order valence-electron chi connectivity index (χ3n) is 20.3. The fourth-order valence-electron chi connectivity index (χ4n) is 14.9. The number of hydrogen-bond donors (Lipinski definition) is 0. The first-order valence-corrected chi connectivity index (χ1v) is 38.8. The smallest absolute Gasteiger partial charge is 0.135 e. The molecule has 0 saturated carbocycles. The summed E-state index contributed by atoms with van der Waals surface area (Å²) in [6, 6.07) is 16.5. The van der Waals surface area contributed by atoms with E-state index in [9.17, 15) is 0 Å². The molecule has 0 amide bonds. The molecule has 0 bridgehead atoms. The standard InChI is InChI=1S/2C23H30O6.2C23H30O5/c1-15-12-17(27-5)14-20-21(15)23(29-11-9-25-3)19-13-16(26-4)6-7-18(19)22(20)28-10-8-24-2;1-15-12-19-21(20(13-15)27-5)23(29-11-9-25-3)18-14-16(26-4)6-7-17(18)22(19)28-10-8-24-2;1-15-6-7-18-19(12-15)23(28-11-9-25-4)21-16(2)13-17(26-5)14-20(21)22(18)27-10-8-24-3;1-15-6-7-17-18(12-15)23(28-11-9-25-4)21-19(22(17)27-10-8-24-3)13-16(2)14-20(21)26-5/h6,12,14H,7-11,13H2,1-5H3;6,12-13H,7-11,14H2,1-5H3;2*6,13-14H,7-12H2,1-5H3. The Morgan fingerprint density at radius 3 is 0.746 bits per heavy atom. The first-order valence-electron chi connectivity index (χ1n) is 38.8. The number of hydrogen-bond acceptors (Lipinski definition) is 22. The van der Waals surface area contributed by atoms with Gasteiger partial charge >= 0.3 is 0 Å². The number of allylic oxidation sites excluding steroid dienone is 8. The zero-order valence-corrected chi connectivity index (χ0v) is 70.9. The van der Waals surface area contributed by atoms with Gasteiger partial charge in [-0.05, 0) is 163 Å². The van der Waals surface area contributed by atoms with Gasteiger partial charge in [0.15, 0.2) is 0 Å². The average molecular weight is 1580 g/mol. The Bertz CT molecular complexity index is 4640. The van der Waals surface area contributed by atoms with Crippen LogP contribution in [0.15, 0.2) is 95.5 Å². The van der Waals surface area contributed by atoms with Crippen LogP contribution in [0.25, 0.3) is 43.1 Å². The van der Waals surface area contributed by atoms with Gasteiger partial charge in [-0.15, -0.1) is 0 Å². The van der Waals surface area contributed by atoms with Crippen molar-refractivity contribution in [1.82, 2.24) is 0 Å². The predicted octanol–water partition coefficient (Wildman–Crippen LogP) is 16.2. The van der Waals surface area contributed by atoms with E-state index in [-0.39, 0.29) is 0 Å². The zero-order chi connectivity index (χ0) is 81.8. The maximum absolute atomic E-state index is 6.27. The monoisotopic (exact) mass is 1580 g/mol. The first kappa shape index (κ1) is 88.6. The lowest BCUT2D eigenvalue weighted by Gasteiger charge is -2.26. The Morgan fingerprint density at radius 2 is 0.482 bits per heavy atom. The van der Waals surface area contributed by atoms with Crippen LogP contribution >= 0.6 is 0 Å². The molecular formula is C92H120O22. The molecule has 0 saturated heterocycles. The summed E-state index contributed by atoms with van der Waals surface area (Å²) in [4.78, 5) is 0. The molecule has 8 aromatic rings. The fourth-order valence-corrected chi connectivity index (χ4v) is 14.9. The van der Waals surface area contributed by atoms with Crippen LogP contribution in [-0.4, -0.2) is 205 Å². The van der Waals surface area contributed by atoms with Gasteiger partial charge in [0, 0.05) is 147 Å². The van der Waals surface area contributed by atoms with Crippen LogP contribution in [-0.2, 0) is 98.7 Å². The summed E-state index contributed by atoms with van der Waals surface area (Å²) >= 11 is 0. The van der Waals surface area contributed by atoms with Gasteiger partial charge in [0.05, 0.1) is 118 Å². The highest BCUT2D eigenvalue weighted by Crippen LogP contribution is 2.52. The number of ether oxygens (including phenoxy) is 22. The molecule has 0 radical (unpaired) electrons. The maximum Gasteiger partial charge on any atom is 0.135 e. The molecule has 12 rings (SSSR count). The summed E-state index contributed by atoms with van der Waals surface area (Å²) in [5, 5.41) is 8.00. The Kier molecular flexibility index (Phi) is 34.6. The molecule has 0 spiro atoms. The minimum absolute atomic E-state index is 0.449. The second kappa shape index (κ2) is 44.5. The van der Waals surface area contributed by atoms with Gasteiger partial charge in [-0.1, -0.05) is 23.3 Å². The van der Waals surface area contributed by atoms with Crippen molar-refractivity contribution in [3.05, 3.63) is 162 Å². The SMILES string of the molecule is COCCOc1c2c(c(OCCOC)c3c(C)cc(OC)cc13)CC(C)=CC2.COCCOc1c2c(c(OCCOC)c3c(C)cc(OC)cc13)CC(OC)=CC2.COCCOc1c2c(c(OCCOC)c3c(OC)cc(C)cc13)CC(C)=CC2.COCCOc1c2c(c(OCCOC)c3c(OC)cc(C)cc13)CC(OC)=CC2. The van der Waals surface area contributed by atoms with Gasteiger partial charge in [-0.25, -0.2) is 0 Å². The van der Waals surface area contributed by atoms with Gasteiger partial charge in [0.2, 0.25) is 0 Å². The lowest BCUT2D eigenvalue weighted by molar-refractivity contribution is 0.144. The van der Waals surface area contributed by atoms with Gasteiger partial charge in [-0.3, -0.25) is 0 Å². The van der Waals surface area contributed by atoms with Gasteiger partial charge in [0.25, 0.3) is 0 Å². The molecule has 620 valence electrons. The van der Waals surface area contributed by atoms with Crippen molar-refractivity contribution in [3.8, 4) is 69.0 Å². The normalized spacial score (nSPS) is 13.2. The van der Waals surface area contributed by atoms with Crippen molar-refractivity contribution in [2.24, 2.45) is 0 Å². The molecule has 22 heteroatoms. The lowest BCUT2D eigenvalue weighted by Crippen LogP contribution is -2.14. The van der Waals surface area contributed by atoms with Crippen molar-refractivity contribution in [2.75, 3.05) is 205 Å². The van der Waals surface area contributed by atoms with E-state index in [2.05, 4.69) is 78.0 Å². The van der Waals surface area contributed by atoms with Crippen LogP contribution in [0.3, 0.4) is 0 Å². The van der Waals surface area contributed by atoms with E-state index < -0.39 is 0 Å². The van der Waals surface area contributed by atoms with Crippen LogP contribution in [0.5, 0.6) is 69.0 Å². The van der Waals surface area contributed by atoms with Gasteiger partial charge in [0.1, 0.15) is 122 Å². The zero-order valence-electron chi connectivity index (χ0n) is 70.9. The molecule has 0 aromatic heterocycles. The Balaban J connectivity index is 0.000000174. The molecule has 0 unspecified atom stereocenters. The fraction of sp³-hybridized carbons (Fsp3) is 0.478. The Labute approximate surface area is 673 Å². The number of methoxy groups -OCH3 is 14. The van der Waals surface area contributed by atoms with Crippen LogP contribution < -0.4 is 56.8 Å². The van der Waals surface area contributed by atoms with E-state index in [1.54, 1.807) is 99.5 Å². The van der Waals surface area contributed by atoms with Crippen molar-refractivity contribution in [2.45, 2.75) is 92.9 Å². The van der Waals surface area contributed by atoms with Crippen LogP contribution in [0.2, 0.25) is 0 Å². The van der Waals surface area contributed by atoms with Crippen LogP contribution in [0.4, 0.5) is 0 Å². The molecule has 0 N–H and O–H groups in total. The highest BCUT2D eigenvalue weighted by Gasteiger charge is 2.32. The molecule has 4 aliphatic rings. The molecular weight excluding hydrogens is 1460 g/mol. The van der Waals surface area contributed by atoms with Crippen LogP contribution in [0.1, 0.15) is 80.6 Å². The molecule has 22 nitrogen and oxygen atoms in total. The lowest BCUT2D eigenvalue weighted by atomic mass is 9.86. The summed E-state index contributed by atoms with van der Waals surface area (Å²) < 4.78 is 125.